The zero-order valence-corrected chi connectivity index (χ0v) is 16.4. The van der Waals surface area contributed by atoms with Crippen molar-refractivity contribution >= 4 is 22.5 Å². The molecule has 150 valence electrons. The van der Waals surface area contributed by atoms with Gasteiger partial charge >= 0.3 is 0 Å². The van der Waals surface area contributed by atoms with Crippen molar-refractivity contribution in [1.82, 2.24) is 14.5 Å². The molecule has 0 unspecified atom stereocenters. The van der Waals surface area contributed by atoms with Crippen molar-refractivity contribution in [1.29, 1.82) is 0 Å². The van der Waals surface area contributed by atoms with Gasteiger partial charge in [0, 0.05) is 17.7 Å². The molecule has 0 radical (unpaired) electrons. The Bertz CT molecular complexity index is 1320. The van der Waals surface area contributed by atoms with E-state index in [-0.39, 0.29) is 17.9 Å². The van der Waals surface area contributed by atoms with Crippen LogP contribution >= 0.6 is 0 Å². The molecule has 3 aliphatic rings. The second-order valence-corrected chi connectivity index (χ2v) is 8.29. The number of hydrogen-bond acceptors (Lipinski definition) is 5. The van der Waals surface area contributed by atoms with Gasteiger partial charge in [-0.3, -0.25) is 19.1 Å². The number of aliphatic hydroxyl groups is 1. The monoisotopic (exact) mass is 400 g/mol. The van der Waals surface area contributed by atoms with Crippen molar-refractivity contribution in [3.05, 3.63) is 83.1 Å². The maximum atomic E-state index is 13.3. The van der Waals surface area contributed by atoms with Crippen molar-refractivity contribution in [2.24, 2.45) is 0 Å². The third-order valence-electron chi connectivity index (χ3n) is 6.82. The SMILES string of the molecule is C=C1[C@H](n2cnc3ccccc3c2=O)C[C@]2(O)c3ccccc3N3C(=O)[C@H](C)N1[C@@H]32. The number of piperidine rings is 1. The summed E-state index contributed by atoms with van der Waals surface area (Å²) < 4.78 is 1.54. The van der Waals surface area contributed by atoms with Crippen LogP contribution in [0, 0.1) is 0 Å². The van der Waals surface area contributed by atoms with Gasteiger partial charge in [-0.25, -0.2) is 4.98 Å². The Hall–Kier alpha value is -3.45. The van der Waals surface area contributed by atoms with E-state index < -0.39 is 23.9 Å². The van der Waals surface area contributed by atoms with E-state index in [0.717, 1.165) is 5.69 Å². The molecule has 0 aliphatic carbocycles. The highest BCUT2D eigenvalue weighted by atomic mass is 16.3. The van der Waals surface area contributed by atoms with E-state index in [1.165, 1.54) is 6.33 Å². The summed E-state index contributed by atoms with van der Waals surface area (Å²) >= 11 is 0. The first-order valence-corrected chi connectivity index (χ1v) is 10.0. The fourth-order valence-electron chi connectivity index (χ4n) is 5.43. The summed E-state index contributed by atoms with van der Waals surface area (Å²) in [6, 6.07) is 13.6. The summed E-state index contributed by atoms with van der Waals surface area (Å²) in [7, 11) is 0. The van der Waals surface area contributed by atoms with Crippen LogP contribution in [0.3, 0.4) is 0 Å². The number of amides is 1. The first-order chi connectivity index (χ1) is 14.4. The van der Waals surface area contributed by atoms with Crippen LogP contribution in [0.25, 0.3) is 10.9 Å². The Labute approximate surface area is 172 Å². The normalized spacial score (nSPS) is 29.5. The minimum Gasteiger partial charge on any atom is -0.381 e. The molecule has 7 heteroatoms. The second kappa shape index (κ2) is 5.58. The quantitative estimate of drug-likeness (QED) is 0.677. The number of benzene rings is 2. The predicted molar refractivity (Wildman–Crippen MR) is 112 cm³/mol. The van der Waals surface area contributed by atoms with Gasteiger partial charge in [0.05, 0.1) is 29.0 Å². The van der Waals surface area contributed by atoms with Crippen LogP contribution in [0.5, 0.6) is 0 Å². The maximum Gasteiger partial charge on any atom is 0.261 e. The van der Waals surface area contributed by atoms with E-state index in [0.29, 0.717) is 22.2 Å². The van der Waals surface area contributed by atoms with Crippen molar-refractivity contribution < 1.29 is 9.90 Å². The Morgan fingerprint density at radius 2 is 1.87 bits per heavy atom. The Morgan fingerprint density at radius 1 is 1.13 bits per heavy atom. The molecular formula is C23H20N4O3. The molecule has 30 heavy (non-hydrogen) atoms. The molecule has 2 aromatic carbocycles. The lowest BCUT2D eigenvalue weighted by molar-refractivity contribution is -0.119. The van der Waals surface area contributed by atoms with E-state index in [1.54, 1.807) is 27.7 Å². The highest BCUT2D eigenvalue weighted by Gasteiger charge is 2.64. The highest BCUT2D eigenvalue weighted by Crippen LogP contribution is 2.57. The zero-order valence-electron chi connectivity index (χ0n) is 16.4. The van der Waals surface area contributed by atoms with Gasteiger partial charge in [0.25, 0.3) is 11.5 Å². The van der Waals surface area contributed by atoms with Gasteiger partial charge in [-0.1, -0.05) is 36.9 Å². The van der Waals surface area contributed by atoms with Gasteiger partial charge in [0.2, 0.25) is 0 Å². The fourth-order valence-corrected chi connectivity index (χ4v) is 5.43. The van der Waals surface area contributed by atoms with E-state index in [1.807, 2.05) is 42.2 Å². The molecule has 0 bridgehead atoms. The highest BCUT2D eigenvalue weighted by molar-refractivity contribution is 6.03. The molecule has 1 aromatic heterocycles. The van der Waals surface area contributed by atoms with Gasteiger partial charge in [-0.2, -0.15) is 0 Å². The number of hydrogen-bond donors (Lipinski definition) is 1. The summed E-state index contributed by atoms with van der Waals surface area (Å²) in [5.41, 5.74) is 1.20. The maximum absolute atomic E-state index is 13.3. The van der Waals surface area contributed by atoms with E-state index in [4.69, 9.17) is 0 Å². The third-order valence-corrected chi connectivity index (χ3v) is 6.82. The lowest BCUT2D eigenvalue weighted by atomic mass is 9.81. The molecule has 3 aromatic rings. The van der Waals surface area contributed by atoms with Crippen LogP contribution in [0.1, 0.15) is 24.9 Å². The lowest BCUT2D eigenvalue weighted by Crippen LogP contribution is -2.57. The van der Waals surface area contributed by atoms with Crippen LogP contribution in [0.4, 0.5) is 5.69 Å². The zero-order chi connectivity index (χ0) is 20.8. The Morgan fingerprint density at radius 3 is 2.70 bits per heavy atom. The molecule has 1 N–H and O–H groups in total. The van der Waals surface area contributed by atoms with Gasteiger partial charge in [0.1, 0.15) is 17.8 Å². The van der Waals surface area contributed by atoms with Crippen molar-refractivity contribution in [3.63, 3.8) is 0 Å². The van der Waals surface area contributed by atoms with E-state index >= 15 is 0 Å². The number of carbonyl (C=O) groups excluding carboxylic acids is 1. The minimum absolute atomic E-state index is 0.0749. The average Bonchev–Trinajstić information content (AvgIpc) is 3.18. The first-order valence-electron chi connectivity index (χ1n) is 10.0. The van der Waals surface area contributed by atoms with Crippen molar-refractivity contribution in [2.45, 2.75) is 37.2 Å². The molecule has 0 saturated carbocycles. The molecule has 2 fully saturated rings. The number of allylic oxidation sites excluding steroid dienone is 1. The molecule has 7 nitrogen and oxygen atoms in total. The standard InChI is InChI=1S/C23H20N4O3/c1-13-19(25-12-24-17-9-5-3-7-15(17)21(25)29)11-23(30)16-8-4-6-10-18(16)27-20(28)14(2)26(13)22(23)27/h3-10,12,14,19,22,30H,1,11H2,2H3/t14-,19+,22-,23-/m0/s1. The van der Waals surface area contributed by atoms with Gasteiger partial charge in [-0.05, 0) is 25.1 Å². The number of fused-ring (bicyclic) bond motifs is 4. The van der Waals surface area contributed by atoms with E-state index in [9.17, 15) is 14.7 Å². The number of para-hydroxylation sites is 2. The van der Waals surface area contributed by atoms with E-state index in [2.05, 4.69) is 11.6 Å². The van der Waals surface area contributed by atoms with Crippen LogP contribution in [0.2, 0.25) is 0 Å². The average molecular weight is 400 g/mol. The van der Waals surface area contributed by atoms with Crippen LogP contribution in [0.15, 0.2) is 71.9 Å². The van der Waals surface area contributed by atoms with Crippen LogP contribution in [-0.4, -0.2) is 37.7 Å². The molecule has 4 heterocycles. The number of anilines is 1. The third kappa shape index (κ3) is 1.90. The molecule has 3 aliphatic heterocycles. The first kappa shape index (κ1) is 17.4. The molecule has 2 saturated heterocycles. The van der Waals surface area contributed by atoms with Gasteiger partial charge < -0.3 is 10.0 Å². The number of nitrogens with zero attached hydrogens (tertiary/aromatic N) is 4. The smallest absolute Gasteiger partial charge is 0.261 e. The largest absolute Gasteiger partial charge is 0.381 e. The van der Waals surface area contributed by atoms with Crippen molar-refractivity contribution in [3.8, 4) is 0 Å². The number of carbonyl (C=O) groups is 1. The van der Waals surface area contributed by atoms with Crippen molar-refractivity contribution in [2.75, 3.05) is 4.90 Å². The molecule has 6 rings (SSSR count). The summed E-state index contributed by atoms with van der Waals surface area (Å²) in [6.07, 6.45) is 1.21. The second-order valence-electron chi connectivity index (χ2n) is 8.29. The molecule has 0 spiro atoms. The summed E-state index contributed by atoms with van der Waals surface area (Å²) in [5.74, 6) is -0.0749. The lowest BCUT2D eigenvalue weighted by Gasteiger charge is -2.47. The Balaban J connectivity index is 1.57. The molecule has 1 amide bonds. The summed E-state index contributed by atoms with van der Waals surface area (Å²) in [5, 5.41) is 12.4. The van der Waals surface area contributed by atoms with Crippen LogP contribution in [-0.2, 0) is 10.4 Å². The van der Waals surface area contributed by atoms with Crippen LogP contribution < -0.4 is 10.5 Å². The summed E-state index contributed by atoms with van der Waals surface area (Å²) in [4.78, 5) is 34.4. The fraction of sp³-hybridized carbons (Fsp3) is 0.261. The minimum atomic E-state index is -1.31. The number of rotatable bonds is 1. The van der Waals surface area contributed by atoms with Gasteiger partial charge in [0.15, 0.2) is 0 Å². The Kier molecular flexibility index (Phi) is 3.24. The summed E-state index contributed by atoms with van der Waals surface area (Å²) in [6.45, 7) is 6.08. The molecule has 4 atom stereocenters. The predicted octanol–water partition coefficient (Wildman–Crippen LogP) is 2.12. The molecular weight excluding hydrogens is 380 g/mol. The number of aromatic nitrogens is 2. The van der Waals surface area contributed by atoms with Gasteiger partial charge in [-0.15, -0.1) is 0 Å². The topological polar surface area (TPSA) is 78.7 Å².